The van der Waals surface area contributed by atoms with Crippen LogP contribution in [-0.4, -0.2) is 0 Å². The summed E-state index contributed by atoms with van der Waals surface area (Å²) in [4.78, 5) is 12.9. The maximum Gasteiger partial charge on any atom is 0.203 e. The Hall–Kier alpha value is -1.94. The van der Waals surface area contributed by atoms with Gasteiger partial charge in [-0.25, -0.2) is 4.39 Å². The molecule has 0 bridgehead atoms. The second kappa shape index (κ2) is 6.28. The fourth-order valence-electron chi connectivity index (χ4n) is 2.70. The molecule has 4 heteroatoms. The topological polar surface area (TPSA) is 30.2 Å². The molecule has 0 aliphatic rings. The Labute approximate surface area is 142 Å². The van der Waals surface area contributed by atoms with Crippen molar-refractivity contribution in [3.63, 3.8) is 0 Å². The van der Waals surface area contributed by atoms with Crippen molar-refractivity contribution >= 4 is 26.9 Å². The first kappa shape index (κ1) is 15.9. The smallest absolute Gasteiger partial charge is 0.203 e. The summed E-state index contributed by atoms with van der Waals surface area (Å²) in [6.45, 7) is 3.95. The third-order valence-electron chi connectivity index (χ3n) is 3.85. The number of hydrogen-bond donors (Lipinski definition) is 0. The number of alkyl halides is 1. The highest BCUT2D eigenvalue weighted by atomic mass is 79.9. The van der Waals surface area contributed by atoms with E-state index in [1.165, 1.54) is 6.07 Å². The number of benzene rings is 2. The Kier molecular flexibility index (Phi) is 4.35. The van der Waals surface area contributed by atoms with E-state index >= 15 is 0 Å². The highest BCUT2D eigenvalue weighted by Gasteiger charge is 2.22. The predicted molar refractivity (Wildman–Crippen MR) is 94.6 cm³/mol. The maximum atomic E-state index is 14.2. The van der Waals surface area contributed by atoms with Crippen LogP contribution < -0.4 is 5.43 Å². The van der Waals surface area contributed by atoms with Crippen molar-refractivity contribution in [3.05, 3.63) is 69.8 Å². The second-order valence-electron chi connectivity index (χ2n) is 5.53. The molecule has 23 heavy (non-hydrogen) atoms. The molecule has 1 heterocycles. The Morgan fingerprint density at radius 3 is 2.65 bits per heavy atom. The predicted octanol–water partition coefficient (Wildman–Crippen LogP) is 5.75. The van der Waals surface area contributed by atoms with E-state index in [9.17, 15) is 9.18 Å². The molecule has 0 saturated carbocycles. The van der Waals surface area contributed by atoms with Gasteiger partial charge in [0.1, 0.15) is 22.5 Å². The maximum absolute atomic E-state index is 14.2. The van der Waals surface area contributed by atoms with Gasteiger partial charge in [-0.05, 0) is 31.0 Å². The number of rotatable bonds is 3. The normalized spacial score (nSPS) is 12.5. The molecule has 118 valence electrons. The molecule has 1 aromatic heterocycles. The number of fused-ring (bicyclic) bond motifs is 1. The first-order valence-electron chi connectivity index (χ1n) is 7.49. The third kappa shape index (κ3) is 2.83. The number of hydrogen-bond acceptors (Lipinski definition) is 2. The van der Waals surface area contributed by atoms with E-state index in [1.54, 1.807) is 12.1 Å². The lowest BCUT2D eigenvalue weighted by Gasteiger charge is -2.14. The number of halogens is 2. The SMILES string of the molecule is CCC(Br)c1oc2cccc(F)c2c(=O)c1-c1cccc(C)c1. The summed E-state index contributed by atoms with van der Waals surface area (Å²) in [6, 6.07) is 12.1. The molecular formula is C19H16BrFO2. The van der Waals surface area contributed by atoms with Crippen molar-refractivity contribution < 1.29 is 8.81 Å². The largest absolute Gasteiger partial charge is 0.459 e. The summed E-state index contributed by atoms with van der Waals surface area (Å²) >= 11 is 3.56. The van der Waals surface area contributed by atoms with E-state index in [0.717, 1.165) is 17.5 Å². The van der Waals surface area contributed by atoms with Crippen LogP contribution in [0.4, 0.5) is 4.39 Å². The van der Waals surface area contributed by atoms with Crippen LogP contribution in [0.3, 0.4) is 0 Å². The van der Waals surface area contributed by atoms with E-state index in [-0.39, 0.29) is 21.2 Å². The van der Waals surface area contributed by atoms with Gasteiger partial charge in [0.2, 0.25) is 5.43 Å². The highest BCUT2D eigenvalue weighted by molar-refractivity contribution is 9.09. The molecule has 0 N–H and O–H groups in total. The van der Waals surface area contributed by atoms with Crippen LogP contribution in [0.5, 0.6) is 0 Å². The van der Waals surface area contributed by atoms with Gasteiger partial charge in [0.05, 0.1) is 10.4 Å². The number of aryl methyl sites for hydroxylation is 1. The molecule has 3 aromatic rings. The molecule has 2 aromatic carbocycles. The van der Waals surface area contributed by atoms with Gasteiger partial charge < -0.3 is 4.42 Å². The lowest BCUT2D eigenvalue weighted by atomic mass is 9.98. The van der Waals surface area contributed by atoms with Crippen molar-refractivity contribution in [3.8, 4) is 11.1 Å². The van der Waals surface area contributed by atoms with Crippen molar-refractivity contribution in [2.45, 2.75) is 25.1 Å². The molecule has 0 aliphatic carbocycles. The quantitative estimate of drug-likeness (QED) is 0.546. The first-order valence-corrected chi connectivity index (χ1v) is 8.40. The Morgan fingerprint density at radius 2 is 1.96 bits per heavy atom. The zero-order valence-corrected chi connectivity index (χ0v) is 14.5. The van der Waals surface area contributed by atoms with E-state index in [4.69, 9.17) is 4.42 Å². The lowest BCUT2D eigenvalue weighted by molar-refractivity contribution is 0.529. The molecule has 0 amide bonds. The van der Waals surface area contributed by atoms with Gasteiger partial charge in [0, 0.05) is 0 Å². The second-order valence-corrected chi connectivity index (χ2v) is 6.63. The van der Waals surface area contributed by atoms with E-state index < -0.39 is 5.82 Å². The van der Waals surface area contributed by atoms with Gasteiger partial charge >= 0.3 is 0 Å². The molecule has 3 rings (SSSR count). The van der Waals surface area contributed by atoms with Gasteiger partial charge in [-0.15, -0.1) is 0 Å². The van der Waals surface area contributed by atoms with Crippen LogP contribution in [0.1, 0.15) is 29.5 Å². The van der Waals surface area contributed by atoms with Crippen molar-refractivity contribution in [2.75, 3.05) is 0 Å². The first-order chi connectivity index (χ1) is 11.0. The minimum absolute atomic E-state index is 0.00330. The van der Waals surface area contributed by atoms with Crippen LogP contribution >= 0.6 is 15.9 Å². The van der Waals surface area contributed by atoms with Crippen molar-refractivity contribution in [1.82, 2.24) is 0 Å². The Balaban J connectivity index is 2.44. The van der Waals surface area contributed by atoms with Crippen LogP contribution in [0.15, 0.2) is 51.7 Å². The fourth-order valence-corrected chi connectivity index (χ4v) is 3.02. The highest BCUT2D eigenvalue weighted by Crippen LogP contribution is 2.35. The lowest BCUT2D eigenvalue weighted by Crippen LogP contribution is -2.11. The molecule has 0 saturated heterocycles. The summed E-state index contributed by atoms with van der Waals surface area (Å²) in [5, 5.41) is 0.00330. The fraction of sp³-hybridized carbons (Fsp3) is 0.211. The molecule has 1 unspecified atom stereocenters. The Bertz CT molecular complexity index is 930. The minimum atomic E-state index is -0.556. The molecule has 0 fully saturated rings. The average Bonchev–Trinajstić information content (AvgIpc) is 2.53. The minimum Gasteiger partial charge on any atom is -0.459 e. The standard InChI is InChI=1S/C19H16BrFO2/c1-3-13(20)19-16(12-7-4-6-11(2)10-12)18(22)17-14(21)8-5-9-15(17)23-19/h4-10,13H,3H2,1-2H3. The van der Waals surface area contributed by atoms with E-state index in [1.807, 2.05) is 38.1 Å². The van der Waals surface area contributed by atoms with Crippen molar-refractivity contribution in [1.29, 1.82) is 0 Å². The van der Waals surface area contributed by atoms with Gasteiger partial charge in [-0.1, -0.05) is 58.7 Å². The van der Waals surface area contributed by atoms with Crippen molar-refractivity contribution in [2.24, 2.45) is 0 Å². The van der Waals surface area contributed by atoms with Gasteiger partial charge in [0.15, 0.2) is 0 Å². The average molecular weight is 375 g/mol. The molecule has 2 nitrogen and oxygen atoms in total. The summed E-state index contributed by atoms with van der Waals surface area (Å²) in [6.07, 6.45) is 0.753. The third-order valence-corrected chi connectivity index (χ3v) is 4.91. The zero-order chi connectivity index (χ0) is 16.6. The van der Waals surface area contributed by atoms with Crippen LogP contribution in [0.2, 0.25) is 0 Å². The molecule has 0 spiro atoms. The summed E-state index contributed by atoms with van der Waals surface area (Å²) in [5.41, 5.74) is 2.15. The van der Waals surface area contributed by atoms with Gasteiger partial charge in [0.25, 0.3) is 0 Å². The summed E-state index contributed by atoms with van der Waals surface area (Å²) in [5.74, 6) is -0.0134. The molecule has 0 radical (unpaired) electrons. The molecule has 0 aliphatic heterocycles. The van der Waals surface area contributed by atoms with Gasteiger partial charge in [-0.3, -0.25) is 4.79 Å². The summed E-state index contributed by atoms with van der Waals surface area (Å²) < 4.78 is 20.1. The Morgan fingerprint density at radius 1 is 1.22 bits per heavy atom. The van der Waals surface area contributed by atoms with E-state index in [2.05, 4.69) is 15.9 Å². The van der Waals surface area contributed by atoms with Crippen LogP contribution in [-0.2, 0) is 0 Å². The van der Waals surface area contributed by atoms with Crippen LogP contribution in [0, 0.1) is 12.7 Å². The van der Waals surface area contributed by atoms with Gasteiger partial charge in [-0.2, -0.15) is 0 Å². The monoisotopic (exact) mass is 374 g/mol. The molecule has 1 atom stereocenters. The van der Waals surface area contributed by atoms with Crippen LogP contribution in [0.25, 0.3) is 22.1 Å². The molecular weight excluding hydrogens is 359 g/mol. The van der Waals surface area contributed by atoms with E-state index in [0.29, 0.717) is 11.3 Å². The zero-order valence-electron chi connectivity index (χ0n) is 12.9. The summed E-state index contributed by atoms with van der Waals surface area (Å²) in [7, 11) is 0.